The third kappa shape index (κ3) is 3.20. The van der Waals surface area contributed by atoms with Gasteiger partial charge in [0.05, 0.1) is 5.56 Å². The van der Waals surface area contributed by atoms with Gasteiger partial charge >= 0.3 is 0 Å². The molecule has 0 spiro atoms. The van der Waals surface area contributed by atoms with Crippen LogP contribution in [0.2, 0.25) is 0 Å². The topological polar surface area (TPSA) is 53.7 Å². The van der Waals surface area contributed by atoms with Crippen molar-refractivity contribution < 1.29 is 4.79 Å². The number of hydrogen-bond donors (Lipinski definition) is 0. The predicted molar refractivity (Wildman–Crippen MR) is 99.9 cm³/mol. The van der Waals surface area contributed by atoms with Crippen molar-refractivity contribution in [2.24, 2.45) is 0 Å². The molecule has 134 valence electrons. The molecule has 1 aromatic carbocycles. The molecule has 3 heterocycles. The highest BCUT2D eigenvalue weighted by molar-refractivity contribution is 5.94. The fourth-order valence-electron chi connectivity index (χ4n) is 3.62. The smallest absolute Gasteiger partial charge is 0.255 e. The Hall–Kier alpha value is -2.73. The van der Waals surface area contributed by atoms with E-state index in [2.05, 4.69) is 46.3 Å². The number of aryl methyl sites for hydroxylation is 1. The normalized spacial score (nSPS) is 18.4. The molecule has 3 aromatic rings. The lowest BCUT2D eigenvalue weighted by Crippen LogP contribution is -2.53. The van der Waals surface area contributed by atoms with E-state index in [0.29, 0.717) is 5.56 Å². The first-order chi connectivity index (χ1) is 12.6. The molecule has 1 amide bonds. The predicted octanol–water partition coefficient (Wildman–Crippen LogP) is 2.38. The Balaban J connectivity index is 1.46. The average Bonchev–Trinajstić information content (AvgIpc) is 3.03. The summed E-state index contributed by atoms with van der Waals surface area (Å²) in [6.45, 7) is 7.45. The van der Waals surface area contributed by atoms with Crippen LogP contribution in [0.1, 0.15) is 28.7 Å². The average molecular weight is 349 g/mol. The summed E-state index contributed by atoms with van der Waals surface area (Å²) in [5.41, 5.74) is 2.76. The van der Waals surface area contributed by atoms with Crippen molar-refractivity contribution in [1.82, 2.24) is 24.4 Å². The lowest BCUT2D eigenvalue weighted by molar-refractivity contribution is 0.0475. The molecule has 2 aromatic heterocycles. The number of piperazine rings is 1. The van der Waals surface area contributed by atoms with Crippen molar-refractivity contribution in [2.45, 2.75) is 26.4 Å². The van der Waals surface area contributed by atoms with Crippen LogP contribution in [0.25, 0.3) is 5.65 Å². The molecule has 6 nitrogen and oxygen atoms in total. The second-order valence-corrected chi connectivity index (χ2v) is 6.96. The Morgan fingerprint density at radius 3 is 2.69 bits per heavy atom. The number of nitrogens with zero attached hydrogens (tertiary/aromatic N) is 5. The van der Waals surface area contributed by atoms with Gasteiger partial charge in [-0.05, 0) is 31.5 Å². The number of rotatable bonds is 3. The van der Waals surface area contributed by atoms with E-state index in [4.69, 9.17) is 0 Å². The Morgan fingerprint density at radius 2 is 1.92 bits per heavy atom. The minimum absolute atomic E-state index is 0.0758. The molecule has 1 saturated heterocycles. The summed E-state index contributed by atoms with van der Waals surface area (Å²) < 4.78 is 1.86. The molecule has 6 heteroatoms. The van der Waals surface area contributed by atoms with Gasteiger partial charge in [-0.2, -0.15) is 0 Å². The van der Waals surface area contributed by atoms with Gasteiger partial charge in [-0.25, -0.2) is 0 Å². The SMILES string of the molecule is Cc1nnc2ccc(C(=O)N3CCN(Cc4ccccc4)C[C@H]3C)cn12. The maximum Gasteiger partial charge on any atom is 0.255 e. The third-order valence-corrected chi connectivity index (χ3v) is 5.04. The van der Waals surface area contributed by atoms with E-state index in [0.717, 1.165) is 37.7 Å². The number of fused-ring (bicyclic) bond motifs is 1. The number of amides is 1. The summed E-state index contributed by atoms with van der Waals surface area (Å²) in [6, 6.07) is 14.4. The van der Waals surface area contributed by atoms with Gasteiger partial charge in [0.1, 0.15) is 5.82 Å². The highest BCUT2D eigenvalue weighted by atomic mass is 16.2. The van der Waals surface area contributed by atoms with Crippen LogP contribution in [0, 0.1) is 6.92 Å². The molecule has 0 radical (unpaired) electrons. The molecule has 0 unspecified atom stereocenters. The lowest BCUT2D eigenvalue weighted by atomic mass is 10.1. The van der Waals surface area contributed by atoms with Gasteiger partial charge in [0, 0.05) is 38.4 Å². The summed E-state index contributed by atoms with van der Waals surface area (Å²) in [7, 11) is 0. The van der Waals surface area contributed by atoms with E-state index < -0.39 is 0 Å². The minimum atomic E-state index is 0.0758. The molecule has 0 aliphatic carbocycles. The second-order valence-electron chi connectivity index (χ2n) is 6.96. The number of benzene rings is 1. The van der Waals surface area contributed by atoms with Crippen molar-refractivity contribution in [3.05, 3.63) is 65.6 Å². The molecule has 0 N–H and O–H groups in total. The summed E-state index contributed by atoms with van der Waals surface area (Å²) >= 11 is 0. The van der Waals surface area contributed by atoms with E-state index >= 15 is 0 Å². The largest absolute Gasteiger partial charge is 0.333 e. The number of aromatic nitrogens is 3. The first-order valence-corrected chi connectivity index (χ1v) is 9.00. The zero-order valence-electron chi connectivity index (χ0n) is 15.2. The highest BCUT2D eigenvalue weighted by Gasteiger charge is 2.28. The summed E-state index contributed by atoms with van der Waals surface area (Å²) in [4.78, 5) is 17.4. The monoisotopic (exact) mass is 349 g/mol. The Kier molecular flexibility index (Phi) is 4.42. The van der Waals surface area contributed by atoms with Crippen molar-refractivity contribution in [2.75, 3.05) is 19.6 Å². The van der Waals surface area contributed by atoms with Gasteiger partial charge in [-0.1, -0.05) is 30.3 Å². The first-order valence-electron chi connectivity index (χ1n) is 9.00. The van der Waals surface area contributed by atoms with E-state index in [9.17, 15) is 4.79 Å². The maximum absolute atomic E-state index is 13.0. The van der Waals surface area contributed by atoms with E-state index in [1.807, 2.05) is 40.6 Å². The number of hydrogen-bond acceptors (Lipinski definition) is 4. The van der Waals surface area contributed by atoms with Gasteiger partial charge in [0.2, 0.25) is 0 Å². The maximum atomic E-state index is 13.0. The molecule has 1 fully saturated rings. The Labute approximate surface area is 153 Å². The van der Waals surface area contributed by atoms with E-state index in [1.165, 1.54) is 5.56 Å². The van der Waals surface area contributed by atoms with Crippen molar-refractivity contribution >= 4 is 11.6 Å². The summed E-state index contributed by atoms with van der Waals surface area (Å²) in [5.74, 6) is 0.863. The highest BCUT2D eigenvalue weighted by Crippen LogP contribution is 2.17. The van der Waals surface area contributed by atoms with Crippen LogP contribution in [0.3, 0.4) is 0 Å². The number of carbonyl (C=O) groups is 1. The molecule has 1 aliphatic rings. The second kappa shape index (κ2) is 6.88. The van der Waals surface area contributed by atoms with Crippen LogP contribution >= 0.6 is 0 Å². The first kappa shape index (κ1) is 16.7. The molecule has 1 atom stereocenters. The molecule has 4 rings (SSSR count). The van der Waals surface area contributed by atoms with Gasteiger partial charge in [-0.15, -0.1) is 10.2 Å². The fourth-order valence-corrected chi connectivity index (χ4v) is 3.62. The van der Waals surface area contributed by atoms with Crippen LogP contribution in [-0.4, -0.2) is 56.0 Å². The molecule has 0 bridgehead atoms. The van der Waals surface area contributed by atoms with E-state index in [-0.39, 0.29) is 11.9 Å². The van der Waals surface area contributed by atoms with E-state index in [1.54, 1.807) is 0 Å². The Morgan fingerprint density at radius 1 is 1.12 bits per heavy atom. The third-order valence-electron chi connectivity index (χ3n) is 5.04. The van der Waals surface area contributed by atoms with Crippen LogP contribution in [0.4, 0.5) is 0 Å². The van der Waals surface area contributed by atoms with Crippen molar-refractivity contribution in [1.29, 1.82) is 0 Å². The molecular weight excluding hydrogens is 326 g/mol. The standard InChI is InChI=1S/C20H23N5O/c1-15-12-23(13-17-6-4-3-5-7-17)10-11-24(15)20(26)18-8-9-19-22-21-16(2)25(19)14-18/h3-9,14-15H,10-13H2,1-2H3/t15-/m1/s1. The van der Waals surface area contributed by atoms with Crippen LogP contribution in [0.15, 0.2) is 48.7 Å². The summed E-state index contributed by atoms with van der Waals surface area (Å²) in [5, 5.41) is 8.13. The molecular formula is C20H23N5O. The zero-order chi connectivity index (χ0) is 18.1. The minimum Gasteiger partial charge on any atom is -0.333 e. The number of pyridine rings is 1. The van der Waals surface area contributed by atoms with Crippen LogP contribution < -0.4 is 0 Å². The van der Waals surface area contributed by atoms with Crippen LogP contribution in [0.5, 0.6) is 0 Å². The Bertz CT molecular complexity index is 920. The fraction of sp³-hybridized carbons (Fsp3) is 0.350. The number of carbonyl (C=O) groups excluding carboxylic acids is 1. The molecule has 1 aliphatic heterocycles. The molecule has 0 saturated carbocycles. The zero-order valence-corrected chi connectivity index (χ0v) is 15.2. The van der Waals surface area contributed by atoms with Crippen LogP contribution in [-0.2, 0) is 6.54 Å². The summed E-state index contributed by atoms with van der Waals surface area (Å²) in [6.07, 6.45) is 1.84. The van der Waals surface area contributed by atoms with Gasteiger partial charge in [0.25, 0.3) is 5.91 Å². The van der Waals surface area contributed by atoms with Gasteiger partial charge in [0.15, 0.2) is 5.65 Å². The lowest BCUT2D eigenvalue weighted by Gasteiger charge is -2.40. The van der Waals surface area contributed by atoms with Crippen molar-refractivity contribution in [3.8, 4) is 0 Å². The van der Waals surface area contributed by atoms with Gasteiger partial charge < -0.3 is 4.90 Å². The quantitative estimate of drug-likeness (QED) is 0.729. The van der Waals surface area contributed by atoms with Crippen molar-refractivity contribution in [3.63, 3.8) is 0 Å². The van der Waals surface area contributed by atoms with Gasteiger partial charge in [-0.3, -0.25) is 14.1 Å². The molecule has 26 heavy (non-hydrogen) atoms.